The quantitative estimate of drug-likeness (QED) is 0.662. The van der Waals surface area contributed by atoms with Gasteiger partial charge in [0.2, 0.25) is 5.91 Å². The molecule has 132 valence electrons. The summed E-state index contributed by atoms with van der Waals surface area (Å²) < 4.78 is 6.36. The van der Waals surface area contributed by atoms with Crippen molar-refractivity contribution >= 4 is 11.9 Å². The lowest BCUT2D eigenvalue weighted by Crippen LogP contribution is -2.38. The van der Waals surface area contributed by atoms with Crippen LogP contribution in [-0.4, -0.2) is 28.6 Å². The Morgan fingerprint density at radius 3 is 2.50 bits per heavy atom. The summed E-state index contributed by atoms with van der Waals surface area (Å²) in [5.41, 5.74) is -0.182. The van der Waals surface area contributed by atoms with Gasteiger partial charge < -0.3 is 14.6 Å². The average molecular weight is 334 g/mol. The molecule has 1 aliphatic carbocycles. The van der Waals surface area contributed by atoms with Crippen molar-refractivity contribution in [1.82, 2.24) is 9.88 Å². The zero-order valence-electron chi connectivity index (χ0n) is 14.4. The smallest absolute Gasteiger partial charge is 0.338 e. The molecule has 1 fully saturated rings. The second kappa shape index (κ2) is 8.66. The number of nitrogens with one attached hydrogen (secondary N) is 1. The van der Waals surface area contributed by atoms with Crippen molar-refractivity contribution in [2.45, 2.75) is 71.1 Å². The Hall–Kier alpha value is -2.11. The molecule has 1 aliphatic rings. The number of carbonyl (C=O) groups excluding carboxylic acids is 2. The number of nitrogens with zero attached hydrogens (tertiary/aromatic N) is 1. The van der Waals surface area contributed by atoms with Crippen LogP contribution in [-0.2, 0) is 16.1 Å². The Bertz CT molecular complexity index is 628. The molecule has 0 aliphatic heterocycles. The number of hydrogen-bond acceptors (Lipinski definition) is 4. The van der Waals surface area contributed by atoms with Crippen LogP contribution in [0.2, 0.25) is 0 Å². The molecule has 0 atom stereocenters. The highest BCUT2D eigenvalue weighted by Gasteiger charge is 2.16. The Balaban J connectivity index is 1.95. The van der Waals surface area contributed by atoms with Crippen LogP contribution in [0.1, 0.15) is 62.7 Å². The molecule has 1 aromatic heterocycles. The maximum Gasteiger partial charge on any atom is 0.338 e. The summed E-state index contributed by atoms with van der Waals surface area (Å²) in [6.45, 7) is 3.46. The van der Waals surface area contributed by atoms with Crippen LogP contribution < -0.4 is 10.9 Å². The van der Waals surface area contributed by atoms with Crippen LogP contribution in [0, 0.1) is 0 Å². The van der Waals surface area contributed by atoms with E-state index in [9.17, 15) is 14.4 Å². The first-order chi connectivity index (χ1) is 11.5. The van der Waals surface area contributed by atoms with Gasteiger partial charge in [-0.1, -0.05) is 25.7 Å². The highest BCUT2D eigenvalue weighted by atomic mass is 16.5. The molecule has 1 amide bonds. The van der Waals surface area contributed by atoms with Gasteiger partial charge in [0.05, 0.1) is 11.7 Å². The first-order valence-electron chi connectivity index (χ1n) is 8.66. The minimum atomic E-state index is -0.530. The topological polar surface area (TPSA) is 77.4 Å². The minimum absolute atomic E-state index is 0.0329. The molecular formula is C18H26N2O4. The second-order valence-corrected chi connectivity index (χ2v) is 6.59. The van der Waals surface area contributed by atoms with Crippen molar-refractivity contribution in [3.63, 3.8) is 0 Å². The van der Waals surface area contributed by atoms with E-state index in [1.165, 1.54) is 35.7 Å². The van der Waals surface area contributed by atoms with E-state index < -0.39 is 5.97 Å². The molecule has 1 aromatic rings. The van der Waals surface area contributed by atoms with Crippen LogP contribution in [0.5, 0.6) is 0 Å². The minimum Gasteiger partial charge on any atom is -0.459 e. The number of amides is 1. The van der Waals surface area contributed by atoms with Crippen LogP contribution in [0.15, 0.2) is 23.1 Å². The van der Waals surface area contributed by atoms with Crippen LogP contribution in [0.3, 0.4) is 0 Å². The summed E-state index contributed by atoms with van der Waals surface area (Å²) >= 11 is 0. The summed E-state index contributed by atoms with van der Waals surface area (Å²) in [6, 6.07) is 2.92. The summed E-state index contributed by atoms with van der Waals surface area (Å²) in [7, 11) is 0. The first kappa shape index (κ1) is 18.2. The molecule has 1 saturated carbocycles. The Kier molecular flexibility index (Phi) is 6.58. The third kappa shape index (κ3) is 5.51. The normalized spacial score (nSPS) is 15.8. The van der Waals surface area contributed by atoms with Gasteiger partial charge in [-0.2, -0.15) is 0 Å². The van der Waals surface area contributed by atoms with Crippen molar-refractivity contribution in [3.8, 4) is 0 Å². The number of esters is 1. The number of aromatic nitrogens is 1. The monoisotopic (exact) mass is 334 g/mol. The van der Waals surface area contributed by atoms with Crippen molar-refractivity contribution in [3.05, 3.63) is 34.2 Å². The van der Waals surface area contributed by atoms with Gasteiger partial charge in [-0.15, -0.1) is 0 Å². The molecule has 6 heteroatoms. The van der Waals surface area contributed by atoms with Gasteiger partial charge >= 0.3 is 5.97 Å². The highest BCUT2D eigenvalue weighted by Crippen LogP contribution is 2.17. The zero-order chi connectivity index (χ0) is 17.5. The summed E-state index contributed by atoms with van der Waals surface area (Å²) in [4.78, 5) is 36.0. The fourth-order valence-corrected chi connectivity index (χ4v) is 2.90. The van der Waals surface area contributed by atoms with Crippen LogP contribution in [0.25, 0.3) is 0 Å². The number of rotatable bonds is 5. The van der Waals surface area contributed by atoms with Gasteiger partial charge in [-0.3, -0.25) is 9.59 Å². The van der Waals surface area contributed by atoms with Gasteiger partial charge in [0, 0.05) is 18.3 Å². The summed E-state index contributed by atoms with van der Waals surface area (Å²) in [5, 5.41) is 3.01. The molecule has 0 aromatic carbocycles. The Morgan fingerprint density at radius 1 is 1.25 bits per heavy atom. The SMILES string of the molecule is CC(C)OC(=O)c1ccn(CC(=O)NC2CCCCCC2)c(=O)c1. The molecule has 1 heterocycles. The van der Waals surface area contributed by atoms with Crippen molar-refractivity contribution < 1.29 is 14.3 Å². The van der Waals surface area contributed by atoms with Crippen molar-refractivity contribution in [1.29, 1.82) is 0 Å². The molecule has 0 unspecified atom stereocenters. The highest BCUT2D eigenvalue weighted by molar-refractivity contribution is 5.89. The molecule has 0 bridgehead atoms. The number of hydrogen-bond donors (Lipinski definition) is 1. The lowest BCUT2D eigenvalue weighted by molar-refractivity contribution is -0.122. The van der Waals surface area contributed by atoms with Gasteiger partial charge in [0.1, 0.15) is 6.54 Å². The maximum absolute atomic E-state index is 12.1. The Labute approximate surface area is 142 Å². The fourth-order valence-electron chi connectivity index (χ4n) is 2.90. The van der Waals surface area contributed by atoms with E-state index in [1.54, 1.807) is 13.8 Å². The van der Waals surface area contributed by atoms with Crippen LogP contribution >= 0.6 is 0 Å². The zero-order valence-corrected chi connectivity index (χ0v) is 14.4. The molecule has 2 rings (SSSR count). The average Bonchev–Trinajstić information content (AvgIpc) is 2.77. The van der Waals surface area contributed by atoms with E-state index in [0.29, 0.717) is 0 Å². The summed E-state index contributed by atoms with van der Waals surface area (Å²) in [6.07, 6.45) is 7.94. The van der Waals surface area contributed by atoms with E-state index in [-0.39, 0.29) is 35.7 Å². The second-order valence-electron chi connectivity index (χ2n) is 6.59. The van der Waals surface area contributed by atoms with Gasteiger partial charge in [0.25, 0.3) is 5.56 Å². The third-order valence-electron chi connectivity index (χ3n) is 4.11. The third-order valence-corrected chi connectivity index (χ3v) is 4.11. The fraction of sp³-hybridized carbons (Fsp3) is 0.611. The van der Waals surface area contributed by atoms with Gasteiger partial charge in [0.15, 0.2) is 0 Å². The predicted molar refractivity (Wildman–Crippen MR) is 90.9 cm³/mol. The molecule has 0 radical (unpaired) electrons. The van der Waals surface area contributed by atoms with E-state index >= 15 is 0 Å². The van der Waals surface area contributed by atoms with E-state index in [2.05, 4.69) is 5.32 Å². The van der Waals surface area contributed by atoms with Crippen molar-refractivity contribution in [2.75, 3.05) is 0 Å². The predicted octanol–water partition coefficient (Wildman–Crippen LogP) is 2.25. The molecular weight excluding hydrogens is 308 g/mol. The largest absolute Gasteiger partial charge is 0.459 e. The van der Waals surface area contributed by atoms with Crippen molar-refractivity contribution in [2.24, 2.45) is 0 Å². The number of pyridine rings is 1. The lowest BCUT2D eigenvalue weighted by atomic mass is 10.1. The van der Waals surface area contributed by atoms with E-state index in [0.717, 1.165) is 25.7 Å². The Morgan fingerprint density at radius 2 is 1.92 bits per heavy atom. The molecule has 6 nitrogen and oxygen atoms in total. The van der Waals surface area contributed by atoms with Gasteiger partial charge in [-0.25, -0.2) is 4.79 Å². The lowest BCUT2D eigenvalue weighted by Gasteiger charge is -2.16. The molecule has 0 spiro atoms. The molecule has 24 heavy (non-hydrogen) atoms. The standard InChI is InChI=1S/C18H26N2O4/c1-13(2)24-18(23)14-9-10-20(17(22)11-14)12-16(21)19-15-7-5-3-4-6-8-15/h9-11,13,15H,3-8,12H2,1-2H3,(H,19,21). The first-order valence-corrected chi connectivity index (χ1v) is 8.66. The maximum atomic E-state index is 12.1. The number of carbonyl (C=O) groups is 2. The number of ether oxygens (including phenoxy) is 1. The van der Waals surface area contributed by atoms with E-state index in [1.807, 2.05) is 0 Å². The summed E-state index contributed by atoms with van der Waals surface area (Å²) in [5.74, 6) is -0.696. The van der Waals surface area contributed by atoms with E-state index in [4.69, 9.17) is 4.74 Å². The van der Waals surface area contributed by atoms with Gasteiger partial charge in [-0.05, 0) is 32.8 Å². The molecule has 0 saturated heterocycles. The van der Waals surface area contributed by atoms with Crippen LogP contribution in [0.4, 0.5) is 0 Å². The molecule has 1 N–H and O–H groups in total.